The highest BCUT2D eigenvalue weighted by Crippen LogP contribution is 2.25. The molecule has 8 heteroatoms. The van der Waals surface area contributed by atoms with Crippen molar-refractivity contribution in [2.75, 3.05) is 42.9 Å². The number of carbonyl (C=O) groups is 3. The molecule has 2 rings (SSSR count). The van der Waals surface area contributed by atoms with Gasteiger partial charge in [0.05, 0.1) is 17.8 Å². The van der Waals surface area contributed by atoms with E-state index < -0.39 is 5.97 Å². The molecule has 0 aromatic heterocycles. The number of hydrogen-bond donors (Lipinski definition) is 3. The van der Waals surface area contributed by atoms with Crippen LogP contribution in [0, 0.1) is 0 Å². The average Bonchev–Trinajstić information content (AvgIpc) is 2.62. The van der Waals surface area contributed by atoms with Gasteiger partial charge in [-0.05, 0) is 38.5 Å². The SMILES string of the molecule is CCCC(=O)Nc1ccc(N2CCN(CC(=O)NC(C)C)CC2)cc1C(=O)O. The normalized spacial score (nSPS) is 14.8. The third kappa shape index (κ3) is 6.23. The van der Waals surface area contributed by atoms with Crippen molar-refractivity contribution in [2.24, 2.45) is 0 Å². The maximum atomic E-state index is 11.9. The number of carboxylic acids is 1. The summed E-state index contributed by atoms with van der Waals surface area (Å²) < 4.78 is 0. The number of carboxylic acid groups (broad SMARTS) is 1. The predicted molar refractivity (Wildman–Crippen MR) is 109 cm³/mol. The van der Waals surface area contributed by atoms with Gasteiger partial charge < -0.3 is 20.6 Å². The molecule has 3 N–H and O–H groups in total. The Morgan fingerprint density at radius 3 is 2.36 bits per heavy atom. The Hall–Kier alpha value is -2.61. The van der Waals surface area contributed by atoms with Crippen molar-refractivity contribution in [3.63, 3.8) is 0 Å². The first-order chi connectivity index (χ1) is 13.3. The lowest BCUT2D eigenvalue weighted by atomic mass is 10.1. The van der Waals surface area contributed by atoms with E-state index in [9.17, 15) is 19.5 Å². The molecule has 1 heterocycles. The summed E-state index contributed by atoms with van der Waals surface area (Å²) in [6, 6.07) is 5.20. The van der Waals surface area contributed by atoms with Crippen molar-refractivity contribution in [3.8, 4) is 0 Å². The van der Waals surface area contributed by atoms with Gasteiger partial charge in [-0.15, -0.1) is 0 Å². The fourth-order valence-electron chi connectivity index (χ4n) is 3.19. The average molecular weight is 390 g/mol. The molecule has 8 nitrogen and oxygen atoms in total. The Morgan fingerprint density at radius 2 is 1.79 bits per heavy atom. The van der Waals surface area contributed by atoms with E-state index in [0.29, 0.717) is 38.2 Å². The molecule has 2 amide bonds. The Labute approximate surface area is 165 Å². The summed E-state index contributed by atoms with van der Waals surface area (Å²) in [6.45, 7) is 8.99. The Kier molecular flexibility index (Phi) is 7.80. The lowest BCUT2D eigenvalue weighted by Crippen LogP contribution is -2.50. The monoisotopic (exact) mass is 390 g/mol. The van der Waals surface area contributed by atoms with Gasteiger partial charge in [-0.1, -0.05) is 6.92 Å². The molecule has 0 bridgehead atoms. The molecule has 0 unspecified atom stereocenters. The van der Waals surface area contributed by atoms with Gasteiger partial charge in [-0.25, -0.2) is 4.79 Å². The fraction of sp³-hybridized carbons (Fsp3) is 0.550. The van der Waals surface area contributed by atoms with Crippen LogP contribution >= 0.6 is 0 Å². The summed E-state index contributed by atoms with van der Waals surface area (Å²) in [5.74, 6) is -1.24. The van der Waals surface area contributed by atoms with E-state index in [1.807, 2.05) is 26.8 Å². The number of carbonyl (C=O) groups excluding carboxylic acids is 2. The van der Waals surface area contributed by atoms with Gasteiger partial charge >= 0.3 is 5.97 Å². The standard InChI is InChI=1S/C20H30N4O4/c1-4-5-18(25)22-17-7-6-15(12-16(17)20(27)28)24-10-8-23(9-11-24)13-19(26)21-14(2)3/h6-7,12,14H,4-5,8-11,13H2,1-3H3,(H,21,26)(H,22,25)(H,27,28). The van der Waals surface area contributed by atoms with E-state index in [1.54, 1.807) is 12.1 Å². The van der Waals surface area contributed by atoms with Crippen LogP contribution in [-0.2, 0) is 9.59 Å². The molecule has 1 aromatic carbocycles. The van der Waals surface area contributed by atoms with Gasteiger partial charge in [0.15, 0.2) is 0 Å². The molecule has 0 radical (unpaired) electrons. The molecule has 1 saturated heterocycles. The highest BCUT2D eigenvalue weighted by molar-refractivity contribution is 6.01. The van der Waals surface area contributed by atoms with Crippen LogP contribution in [0.15, 0.2) is 18.2 Å². The first-order valence-corrected chi connectivity index (χ1v) is 9.74. The van der Waals surface area contributed by atoms with Crippen LogP contribution in [0.4, 0.5) is 11.4 Å². The number of nitrogens with zero attached hydrogens (tertiary/aromatic N) is 2. The molecule has 0 atom stereocenters. The van der Waals surface area contributed by atoms with Crippen molar-refractivity contribution < 1.29 is 19.5 Å². The van der Waals surface area contributed by atoms with Crippen molar-refractivity contribution in [2.45, 2.75) is 39.7 Å². The maximum absolute atomic E-state index is 11.9. The molecular formula is C20H30N4O4. The number of anilines is 2. The van der Waals surface area contributed by atoms with E-state index in [-0.39, 0.29) is 23.4 Å². The Balaban J connectivity index is 2.00. The highest BCUT2D eigenvalue weighted by atomic mass is 16.4. The molecule has 154 valence electrons. The molecule has 1 fully saturated rings. The molecule has 0 aliphatic carbocycles. The van der Waals surface area contributed by atoms with Gasteiger partial charge in [0.2, 0.25) is 11.8 Å². The van der Waals surface area contributed by atoms with E-state index >= 15 is 0 Å². The number of amides is 2. The number of hydrogen-bond acceptors (Lipinski definition) is 5. The first-order valence-electron chi connectivity index (χ1n) is 9.74. The second kappa shape index (κ2) is 10.1. The topological polar surface area (TPSA) is 102 Å². The van der Waals surface area contributed by atoms with Gasteiger partial charge in [-0.2, -0.15) is 0 Å². The van der Waals surface area contributed by atoms with Crippen LogP contribution in [0.1, 0.15) is 44.0 Å². The first kappa shape index (κ1) is 21.7. The van der Waals surface area contributed by atoms with E-state index in [4.69, 9.17) is 0 Å². The van der Waals surface area contributed by atoms with Gasteiger partial charge in [0, 0.05) is 44.3 Å². The quantitative estimate of drug-likeness (QED) is 0.625. The number of benzene rings is 1. The van der Waals surface area contributed by atoms with Gasteiger partial charge in [0.1, 0.15) is 0 Å². The predicted octanol–water partition coefficient (Wildman–Crippen LogP) is 1.77. The minimum Gasteiger partial charge on any atom is -0.478 e. The van der Waals surface area contributed by atoms with Crippen LogP contribution < -0.4 is 15.5 Å². The third-order valence-electron chi connectivity index (χ3n) is 4.54. The van der Waals surface area contributed by atoms with Crippen molar-refractivity contribution in [1.82, 2.24) is 10.2 Å². The second-order valence-corrected chi connectivity index (χ2v) is 7.32. The van der Waals surface area contributed by atoms with E-state index in [0.717, 1.165) is 18.8 Å². The largest absolute Gasteiger partial charge is 0.478 e. The molecular weight excluding hydrogens is 360 g/mol. The summed E-state index contributed by atoms with van der Waals surface area (Å²) in [5.41, 5.74) is 1.21. The van der Waals surface area contributed by atoms with Gasteiger partial charge in [0.25, 0.3) is 0 Å². The zero-order valence-corrected chi connectivity index (χ0v) is 16.8. The van der Waals surface area contributed by atoms with Crippen molar-refractivity contribution in [1.29, 1.82) is 0 Å². The zero-order chi connectivity index (χ0) is 20.7. The smallest absolute Gasteiger partial charge is 0.337 e. The van der Waals surface area contributed by atoms with Gasteiger partial charge in [-0.3, -0.25) is 14.5 Å². The lowest BCUT2D eigenvalue weighted by molar-refractivity contribution is -0.122. The Morgan fingerprint density at radius 1 is 1.11 bits per heavy atom. The summed E-state index contributed by atoms with van der Waals surface area (Å²) in [4.78, 5) is 39.5. The number of nitrogens with one attached hydrogen (secondary N) is 2. The van der Waals surface area contributed by atoms with Crippen LogP contribution in [0.3, 0.4) is 0 Å². The van der Waals surface area contributed by atoms with Crippen LogP contribution in [0.2, 0.25) is 0 Å². The van der Waals surface area contributed by atoms with Crippen molar-refractivity contribution in [3.05, 3.63) is 23.8 Å². The van der Waals surface area contributed by atoms with E-state index in [1.165, 1.54) is 0 Å². The lowest BCUT2D eigenvalue weighted by Gasteiger charge is -2.36. The van der Waals surface area contributed by atoms with Crippen LogP contribution in [0.25, 0.3) is 0 Å². The summed E-state index contributed by atoms with van der Waals surface area (Å²) >= 11 is 0. The molecule has 0 saturated carbocycles. The molecule has 28 heavy (non-hydrogen) atoms. The minimum atomic E-state index is -1.07. The number of piperazine rings is 1. The summed E-state index contributed by atoms with van der Waals surface area (Å²) in [6.07, 6.45) is 1.05. The number of rotatable bonds is 8. The second-order valence-electron chi connectivity index (χ2n) is 7.32. The third-order valence-corrected chi connectivity index (χ3v) is 4.54. The minimum absolute atomic E-state index is 0.0174. The molecule has 1 aromatic rings. The molecule has 0 spiro atoms. The molecule has 1 aliphatic rings. The van der Waals surface area contributed by atoms with Crippen LogP contribution in [0.5, 0.6) is 0 Å². The highest BCUT2D eigenvalue weighted by Gasteiger charge is 2.21. The fourth-order valence-corrected chi connectivity index (χ4v) is 3.19. The summed E-state index contributed by atoms with van der Waals surface area (Å²) in [5, 5.41) is 15.1. The van der Waals surface area contributed by atoms with Crippen molar-refractivity contribution >= 4 is 29.2 Å². The van der Waals surface area contributed by atoms with E-state index in [2.05, 4.69) is 20.4 Å². The zero-order valence-electron chi connectivity index (χ0n) is 16.8. The maximum Gasteiger partial charge on any atom is 0.337 e. The number of aromatic carboxylic acids is 1. The Bertz CT molecular complexity index is 712. The molecule has 1 aliphatic heterocycles. The van der Waals surface area contributed by atoms with Crippen LogP contribution in [-0.4, -0.2) is 66.6 Å². The summed E-state index contributed by atoms with van der Waals surface area (Å²) in [7, 11) is 0.